The van der Waals surface area contributed by atoms with E-state index in [1.54, 1.807) is 18.3 Å². The zero-order chi connectivity index (χ0) is 17.1. The Morgan fingerprint density at radius 1 is 1.00 bits per heavy atom. The monoisotopic (exact) mass is 331 g/mol. The molecule has 7 nitrogen and oxygen atoms in total. The zero-order valence-electron chi connectivity index (χ0n) is 13.1. The van der Waals surface area contributed by atoms with Crippen molar-refractivity contribution in [3.05, 3.63) is 60.3 Å². The maximum absolute atomic E-state index is 9.17. The van der Waals surface area contributed by atoms with Gasteiger partial charge in [-0.15, -0.1) is 0 Å². The Hall–Kier alpha value is -3.79. The van der Waals surface area contributed by atoms with Crippen molar-refractivity contribution in [2.75, 3.05) is 17.4 Å². The van der Waals surface area contributed by atoms with Gasteiger partial charge < -0.3 is 20.1 Å². The Bertz CT molecular complexity index is 968. The lowest BCUT2D eigenvalue weighted by atomic mass is 10.2. The van der Waals surface area contributed by atoms with Crippen LogP contribution in [0.1, 0.15) is 5.56 Å². The van der Waals surface area contributed by atoms with Gasteiger partial charge in [-0.1, -0.05) is 12.1 Å². The van der Waals surface area contributed by atoms with Gasteiger partial charge in [-0.2, -0.15) is 10.2 Å². The quantitative estimate of drug-likeness (QED) is 0.755. The molecule has 7 heteroatoms. The number of hydrogen-bond acceptors (Lipinski definition) is 7. The van der Waals surface area contributed by atoms with Gasteiger partial charge in [-0.25, -0.2) is 4.98 Å². The molecule has 2 N–H and O–H groups in total. The van der Waals surface area contributed by atoms with Crippen molar-refractivity contribution in [2.24, 2.45) is 0 Å². The third-order valence-electron chi connectivity index (χ3n) is 3.59. The molecule has 0 unspecified atom stereocenters. The van der Waals surface area contributed by atoms with Crippen molar-refractivity contribution in [2.45, 2.75) is 0 Å². The van der Waals surface area contributed by atoms with Crippen LogP contribution < -0.4 is 20.1 Å². The van der Waals surface area contributed by atoms with Crippen molar-refractivity contribution >= 4 is 23.1 Å². The molecule has 4 rings (SSSR count). The number of nitrogens with zero attached hydrogens (tertiary/aromatic N) is 3. The summed E-state index contributed by atoms with van der Waals surface area (Å²) in [6.07, 6.45) is 1.64. The molecule has 1 aliphatic heterocycles. The van der Waals surface area contributed by atoms with E-state index in [1.165, 1.54) is 0 Å². The number of ether oxygens (including phenoxy) is 2. The number of para-hydroxylation sites is 1. The first-order valence-electron chi connectivity index (χ1n) is 7.58. The number of nitriles is 1. The standard InChI is InChI=1S/C18H13N5O2/c19-10-12-3-1-2-4-14(12)22-17-7-8-20-18(23-17)21-13-5-6-15-16(9-13)25-11-24-15/h1-9H,11H2,(H2,20,21,22,23). The molecule has 3 aromatic rings. The Balaban J connectivity index is 1.54. The summed E-state index contributed by atoms with van der Waals surface area (Å²) in [7, 11) is 0. The number of anilines is 4. The van der Waals surface area contributed by atoms with Crippen molar-refractivity contribution in [3.8, 4) is 17.6 Å². The number of fused-ring (bicyclic) bond motifs is 1. The number of hydrogen-bond donors (Lipinski definition) is 2. The van der Waals surface area contributed by atoms with Gasteiger partial charge in [0.25, 0.3) is 0 Å². The lowest BCUT2D eigenvalue weighted by Crippen LogP contribution is -2.01. The van der Waals surface area contributed by atoms with Gasteiger partial charge in [-0.3, -0.25) is 0 Å². The summed E-state index contributed by atoms with van der Waals surface area (Å²) in [4.78, 5) is 8.63. The lowest BCUT2D eigenvalue weighted by Gasteiger charge is -2.09. The Morgan fingerprint density at radius 3 is 2.80 bits per heavy atom. The predicted octanol–water partition coefficient (Wildman–Crippen LogP) is 3.56. The summed E-state index contributed by atoms with van der Waals surface area (Å²) < 4.78 is 10.7. The van der Waals surface area contributed by atoms with Crippen molar-refractivity contribution in [3.63, 3.8) is 0 Å². The van der Waals surface area contributed by atoms with Crippen molar-refractivity contribution in [1.82, 2.24) is 9.97 Å². The maximum atomic E-state index is 9.17. The molecule has 0 amide bonds. The highest BCUT2D eigenvalue weighted by molar-refractivity contribution is 5.66. The minimum Gasteiger partial charge on any atom is -0.454 e. The molecule has 0 radical (unpaired) electrons. The molecule has 0 bridgehead atoms. The van der Waals surface area contributed by atoms with E-state index < -0.39 is 0 Å². The fourth-order valence-corrected chi connectivity index (χ4v) is 2.42. The summed E-state index contributed by atoms with van der Waals surface area (Å²) in [5.74, 6) is 2.41. The molecule has 0 fully saturated rings. The van der Waals surface area contributed by atoms with Gasteiger partial charge in [0.1, 0.15) is 11.9 Å². The van der Waals surface area contributed by atoms with Crippen LogP contribution in [0, 0.1) is 11.3 Å². The maximum Gasteiger partial charge on any atom is 0.231 e. The summed E-state index contributed by atoms with van der Waals surface area (Å²) in [5.41, 5.74) is 2.03. The van der Waals surface area contributed by atoms with Crippen LogP contribution in [-0.2, 0) is 0 Å². The van der Waals surface area contributed by atoms with Gasteiger partial charge in [0, 0.05) is 18.0 Å². The first kappa shape index (κ1) is 14.8. The van der Waals surface area contributed by atoms with Gasteiger partial charge in [-0.05, 0) is 30.3 Å². The minimum absolute atomic E-state index is 0.229. The van der Waals surface area contributed by atoms with E-state index in [1.807, 2.05) is 36.4 Å². The van der Waals surface area contributed by atoms with Gasteiger partial charge in [0.05, 0.1) is 11.3 Å². The third kappa shape index (κ3) is 3.14. The fourth-order valence-electron chi connectivity index (χ4n) is 2.42. The molecular weight excluding hydrogens is 318 g/mol. The minimum atomic E-state index is 0.229. The average molecular weight is 331 g/mol. The molecule has 2 aromatic carbocycles. The molecule has 1 aliphatic rings. The van der Waals surface area contributed by atoms with Crippen LogP contribution in [0.3, 0.4) is 0 Å². The summed E-state index contributed by atoms with van der Waals surface area (Å²) in [5, 5.41) is 15.4. The average Bonchev–Trinajstić information content (AvgIpc) is 3.10. The van der Waals surface area contributed by atoms with Gasteiger partial charge in [0.2, 0.25) is 12.7 Å². The van der Waals surface area contributed by atoms with Crippen LogP contribution in [0.15, 0.2) is 54.7 Å². The third-order valence-corrected chi connectivity index (χ3v) is 3.59. The molecular formula is C18H13N5O2. The first-order chi connectivity index (χ1) is 12.3. The van der Waals surface area contributed by atoms with E-state index in [0.717, 1.165) is 11.4 Å². The normalized spacial score (nSPS) is 11.6. The molecule has 0 spiro atoms. The van der Waals surface area contributed by atoms with Crippen LogP contribution in [0.5, 0.6) is 11.5 Å². The number of aromatic nitrogens is 2. The molecule has 25 heavy (non-hydrogen) atoms. The lowest BCUT2D eigenvalue weighted by molar-refractivity contribution is 0.174. The Kier molecular flexibility index (Phi) is 3.77. The van der Waals surface area contributed by atoms with E-state index in [0.29, 0.717) is 28.8 Å². The number of benzene rings is 2. The molecule has 0 saturated heterocycles. The second kappa shape index (κ2) is 6.37. The zero-order valence-corrected chi connectivity index (χ0v) is 13.1. The topological polar surface area (TPSA) is 92.1 Å². The van der Waals surface area contributed by atoms with E-state index >= 15 is 0 Å². The predicted molar refractivity (Wildman–Crippen MR) is 92.3 cm³/mol. The van der Waals surface area contributed by atoms with Crippen molar-refractivity contribution < 1.29 is 9.47 Å². The Morgan fingerprint density at radius 2 is 1.88 bits per heavy atom. The molecule has 0 aliphatic carbocycles. The van der Waals surface area contributed by atoms with Crippen LogP contribution in [0.4, 0.5) is 23.1 Å². The highest BCUT2D eigenvalue weighted by atomic mass is 16.7. The molecule has 122 valence electrons. The summed E-state index contributed by atoms with van der Waals surface area (Å²) in [6.45, 7) is 0.229. The van der Waals surface area contributed by atoms with Crippen LogP contribution >= 0.6 is 0 Å². The summed E-state index contributed by atoms with van der Waals surface area (Å²) in [6, 6.07) is 16.6. The van der Waals surface area contributed by atoms with Crippen LogP contribution in [-0.4, -0.2) is 16.8 Å². The van der Waals surface area contributed by atoms with Crippen molar-refractivity contribution in [1.29, 1.82) is 5.26 Å². The number of rotatable bonds is 4. The second-order valence-electron chi connectivity index (χ2n) is 5.24. The molecule has 2 heterocycles. The largest absolute Gasteiger partial charge is 0.454 e. The first-order valence-corrected chi connectivity index (χ1v) is 7.58. The van der Waals surface area contributed by atoms with Crippen LogP contribution in [0.25, 0.3) is 0 Å². The van der Waals surface area contributed by atoms with E-state index in [9.17, 15) is 0 Å². The number of nitrogens with one attached hydrogen (secondary N) is 2. The highest BCUT2D eigenvalue weighted by Crippen LogP contribution is 2.34. The molecule has 1 aromatic heterocycles. The molecule has 0 saturated carbocycles. The molecule has 0 atom stereocenters. The van der Waals surface area contributed by atoms with E-state index in [4.69, 9.17) is 14.7 Å². The SMILES string of the molecule is N#Cc1ccccc1Nc1ccnc(Nc2ccc3c(c2)OCO3)n1. The smallest absolute Gasteiger partial charge is 0.231 e. The van der Waals surface area contributed by atoms with Gasteiger partial charge in [0.15, 0.2) is 11.5 Å². The van der Waals surface area contributed by atoms with E-state index in [-0.39, 0.29) is 6.79 Å². The van der Waals surface area contributed by atoms with Crippen LogP contribution in [0.2, 0.25) is 0 Å². The van der Waals surface area contributed by atoms with Gasteiger partial charge >= 0.3 is 0 Å². The fraction of sp³-hybridized carbons (Fsp3) is 0.0556. The second-order valence-corrected chi connectivity index (χ2v) is 5.24. The Labute approximate surface area is 143 Å². The highest BCUT2D eigenvalue weighted by Gasteiger charge is 2.13. The van der Waals surface area contributed by atoms with E-state index in [2.05, 4.69) is 26.7 Å². The summed E-state index contributed by atoms with van der Waals surface area (Å²) >= 11 is 0.